The minimum Gasteiger partial charge on any atom is -0.447 e. The van der Waals surface area contributed by atoms with Crippen molar-refractivity contribution in [2.24, 2.45) is 0 Å². The number of nitro groups is 1. The number of aromatic nitrogens is 2. The Hall–Kier alpha value is -3.68. The molecule has 1 N–H and O–H groups in total. The summed E-state index contributed by atoms with van der Waals surface area (Å²) in [6.07, 6.45) is 0. The number of benzene rings is 2. The highest BCUT2D eigenvalue weighted by Crippen LogP contribution is 2.25. The van der Waals surface area contributed by atoms with Crippen molar-refractivity contribution >= 4 is 16.8 Å². The summed E-state index contributed by atoms with van der Waals surface area (Å²) >= 11 is 0. The van der Waals surface area contributed by atoms with E-state index in [0.717, 1.165) is 10.1 Å². The van der Waals surface area contributed by atoms with E-state index in [4.69, 9.17) is 4.42 Å². The Labute approximate surface area is 157 Å². The molecule has 2 heterocycles. The number of aromatic amines is 1. The van der Waals surface area contributed by atoms with E-state index in [1.807, 2.05) is 12.1 Å². The molecule has 142 valence electrons. The molecule has 0 saturated carbocycles. The van der Waals surface area contributed by atoms with Gasteiger partial charge in [-0.3, -0.25) is 19.7 Å². The fourth-order valence-corrected chi connectivity index (χ4v) is 3.10. The van der Waals surface area contributed by atoms with Gasteiger partial charge in [0.25, 0.3) is 11.2 Å². The van der Waals surface area contributed by atoms with Gasteiger partial charge in [-0.15, -0.1) is 0 Å². The van der Waals surface area contributed by atoms with Crippen LogP contribution in [0, 0.1) is 20.9 Å². The van der Waals surface area contributed by atoms with Crippen molar-refractivity contribution in [3.05, 3.63) is 89.6 Å². The van der Waals surface area contributed by atoms with Gasteiger partial charge < -0.3 is 9.40 Å². The molecule has 0 fully saturated rings. The Morgan fingerprint density at radius 3 is 2.32 bits per heavy atom. The molecule has 2 aromatic carbocycles. The second-order valence-corrected chi connectivity index (χ2v) is 7.61. The molecule has 8 heteroatoms. The third-order valence-corrected chi connectivity index (χ3v) is 4.68. The predicted molar refractivity (Wildman–Crippen MR) is 103 cm³/mol. The highest BCUT2D eigenvalue weighted by atomic mass is 16.6. The number of rotatable bonds is 2. The molecule has 0 aliphatic carbocycles. The molecule has 0 bridgehead atoms. The Bertz CT molecular complexity index is 1400. The van der Waals surface area contributed by atoms with Gasteiger partial charge in [-0.05, 0) is 35.2 Å². The van der Waals surface area contributed by atoms with Gasteiger partial charge in [0.05, 0.1) is 16.1 Å². The zero-order valence-corrected chi connectivity index (χ0v) is 15.5. The van der Waals surface area contributed by atoms with Crippen LogP contribution in [0.5, 0.6) is 0 Å². The van der Waals surface area contributed by atoms with E-state index in [-0.39, 0.29) is 27.6 Å². The van der Waals surface area contributed by atoms with Crippen LogP contribution in [0.15, 0.2) is 56.5 Å². The van der Waals surface area contributed by atoms with Gasteiger partial charge in [0, 0.05) is 12.1 Å². The molecule has 2 aromatic rings. The van der Waals surface area contributed by atoms with E-state index in [9.17, 15) is 19.7 Å². The number of fused-ring (bicyclic) bond motifs is 1. The highest BCUT2D eigenvalue weighted by molar-refractivity contribution is 5.72. The van der Waals surface area contributed by atoms with Gasteiger partial charge in [0.2, 0.25) is 5.42 Å². The molecule has 0 radical (unpaired) electrons. The zero-order chi connectivity index (χ0) is 20.2. The Balaban J connectivity index is 1.98. The zero-order valence-electron chi connectivity index (χ0n) is 15.5. The summed E-state index contributed by atoms with van der Waals surface area (Å²) in [6.45, 7) is 6.22. The van der Waals surface area contributed by atoms with Crippen LogP contribution in [-0.2, 0) is 5.41 Å². The van der Waals surface area contributed by atoms with Crippen molar-refractivity contribution in [2.45, 2.75) is 26.2 Å². The molecule has 0 amide bonds. The molecule has 0 aromatic heterocycles. The monoisotopic (exact) mass is 379 g/mol. The summed E-state index contributed by atoms with van der Waals surface area (Å²) < 4.78 is 6.66. The first kappa shape index (κ1) is 17.7. The van der Waals surface area contributed by atoms with Crippen LogP contribution < -0.4 is 11.1 Å². The van der Waals surface area contributed by atoms with Crippen LogP contribution in [0.3, 0.4) is 0 Å². The van der Waals surface area contributed by atoms with Gasteiger partial charge in [-0.25, -0.2) is 4.57 Å². The van der Waals surface area contributed by atoms with E-state index in [1.165, 1.54) is 24.3 Å². The number of non-ortho nitro benzene ring substituents is 1. The standard InChI is InChI=1S/C20H17N3O5/c1-20(2,3)11-4-9-15-14(10-11)21-16-17(28-15)19(25)22(18(16)24)12-5-7-13(8-6-12)23(26)27/h4-10,21H,1-3H3. The topological polar surface area (TPSA) is 111 Å². The predicted octanol–water partition coefficient (Wildman–Crippen LogP) is 3.20. The smallest absolute Gasteiger partial charge is 0.303 e. The molecule has 4 rings (SSSR count). The quantitative estimate of drug-likeness (QED) is 0.425. The molecule has 2 aliphatic rings. The van der Waals surface area contributed by atoms with Gasteiger partial charge >= 0.3 is 5.56 Å². The lowest BCUT2D eigenvalue weighted by atomic mass is 9.87. The van der Waals surface area contributed by atoms with Crippen LogP contribution >= 0.6 is 0 Å². The Kier molecular flexibility index (Phi) is 3.74. The normalized spacial score (nSPS) is 12.0. The largest absolute Gasteiger partial charge is 0.447 e. The van der Waals surface area contributed by atoms with E-state index < -0.39 is 16.0 Å². The van der Waals surface area contributed by atoms with Crippen LogP contribution in [0.25, 0.3) is 16.8 Å². The van der Waals surface area contributed by atoms with Crippen molar-refractivity contribution in [2.75, 3.05) is 0 Å². The third-order valence-electron chi connectivity index (χ3n) is 4.68. The van der Waals surface area contributed by atoms with Crippen molar-refractivity contribution in [1.82, 2.24) is 9.55 Å². The molecule has 0 saturated heterocycles. The van der Waals surface area contributed by atoms with Crippen molar-refractivity contribution in [3.8, 4) is 5.69 Å². The fourth-order valence-electron chi connectivity index (χ4n) is 3.10. The van der Waals surface area contributed by atoms with Crippen molar-refractivity contribution in [3.63, 3.8) is 0 Å². The average molecular weight is 379 g/mol. The number of nitrogens with zero attached hydrogens (tertiary/aromatic N) is 2. The van der Waals surface area contributed by atoms with Gasteiger partial charge in [-0.2, -0.15) is 0 Å². The summed E-state index contributed by atoms with van der Waals surface area (Å²) in [4.78, 5) is 38.9. The maximum absolute atomic E-state index is 12.8. The average Bonchev–Trinajstić information content (AvgIpc) is 2.89. The number of nitro benzene ring substituents is 1. The SMILES string of the molecule is CC(C)(C)c1ccc2oc3c(=O)n(-c4ccc([N+](=O)[O-])cc4)c(=O)c=3[nH]c2c1. The Morgan fingerprint density at radius 2 is 1.71 bits per heavy atom. The van der Waals surface area contributed by atoms with Crippen LogP contribution in [0.1, 0.15) is 26.3 Å². The molecule has 0 unspecified atom stereocenters. The minimum absolute atomic E-state index is 0.0573. The highest BCUT2D eigenvalue weighted by Gasteiger charge is 2.18. The van der Waals surface area contributed by atoms with E-state index in [2.05, 4.69) is 25.8 Å². The maximum atomic E-state index is 12.8. The summed E-state index contributed by atoms with van der Waals surface area (Å²) in [5.41, 5.74) is 0.863. The number of nitrogens with one attached hydrogen (secondary N) is 1. The number of hydrogen-bond acceptors (Lipinski definition) is 5. The van der Waals surface area contributed by atoms with Gasteiger partial charge in [-0.1, -0.05) is 26.8 Å². The van der Waals surface area contributed by atoms with Gasteiger partial charge in [0.15, 0.2) is 10.9 Å². The summed E-state index contributed by atoms with van der Waals surface area (Å²) in [7, 11) is 0. The van der Waals surface area contributed by atoms with Crippen LogP contribution in [0.2, 0.25) is 0 Å². The van der Waals surface area contributed by atoms with E-state index >= 15 is 0 Å². The lowest BCUT2D eigenvalue weighted by Crippen LogP contribution is -2.24. The molecular formula is C20H17N3O5. The first-order valence-corrected chi connectivity index (χ1v) is 8.64. The molecule has 28 heavy (non-hydrogen) atoms. The molecule has 8 nitrogen and oxygen atoms in total. The summed E-state index contributed by atoms with van der Waals surface area (Å²) in [6, 6.07) is 10.8. The van der Waals surface area contributed by atoms with E-state index in [1.54, 1.807) is 6.07 Å². The van der Waals surface area contributed by atoms with E-state index in [0.29, 0.717) is 11.1 Å². The van der Waals surface area contributed by atoms with Crippen LogP contribution in [-0.4, -0.2) is 14.5 Å². The first-order valence-electron chi connectivity index (χ1n) is 8.64. The second kappa shape index (κ2) is 5.91. The molecule has 2 aliphatic heterocycles. The summed E-state index contributed by atoms with van der Waals surface area (Å²) in [5, 5.41) is 10.9. The third kappa shape index (κ3) is 2.70. The van der Waals surface area contributed by atoms with Crippen LogP contribution in [0.4, 0.5) is 5.69 Å². The fraction of sp³-hybridized carbons (Fsp3) is 0.200. The number of hydrogen-bond donors (Lipinski definition) is 1. The lowest BCUT2D eigenvalue weighted by Gasteiger charge is -2.18. The van der Waals surface area contributed by atoms with Crippen molar-refractivity contribution < 1.29 is 9.34 Å². The molecular weight excluding hydrogens is 362 g/mol. The summed E-state index contributed by atoms with van der Waals surface area (Å²) in [5.74, 6) is 0. The molecule has 0 atom stereocenters. The first-order chi connectivity index (χ1) is 13.2. The maximum Gasteiger partial charge on any atom is 0.303 e. The van der Waals surface area contributed by atoms with Crippen molar-refractivity contribution in [1.29, 1.82) is 0 Å². The van der Waals surface area contributed by atoms with Gasteiger partial charge in [0.1, 0.15) is 0 Å². The number of H-pyrrole nitrogens is 1. The minimum atomic E-state index is -0.619. The molecule has 0 spiro atoms. The lowest BCUT2D eigenvalue weighted by molar-refractivity contribution is -0.384. The second-order valence-electron chi connectivity index (χ2n) is 7.61. The Morgan fingerprint density at radius 1 is 1.04 bits per heavy atom.